The van der Waals surface area contributed by atoms with Gasteiger partial charge in [0.05, 0.1) is 34.1 Å². The van der Waals surface area contributed by atoms with Gasteiger partial charge in [-0.1, -0.05) is 0 Å². The van der Waals surface area contributed by atoms with E-state index in [1.54, 1.807) is 32.2 Å². The minimum Gasteiger partial charge on any atom is -0.447 e. The molecule has 2 amide bonds. The van der Waals surface area contributed by atoms with E-state index in [9.17, 15) is 18.0 Å². The summed E-state index contributed by atoms with van der Waals surface area (Å²) in [6.07, 6.45) is 8.41. The van der Waals surface area contributed by atoms with Crippen molar-refractivity contribution in [2.24, 2.45) is 4.40 Å². The van der Waals surface area contributed by atoms with Gasteiger partial charge in [0.2, 0.25) is 10.0 Å². The van der Waals surface area contributed by atoms with Crippen LogP contribution < -0.4 is 10.6 Å². The maximum Gasteiger partial charge on any atom is 0.411 e. The molecule has 2 N–H and O–H groups in total. The second-order valence-corrected chi connectivity index (χ2v) is 12.2. The van der Waals surface area contributed by atoms with Gasteiger partial charge in [-0.15, -0.1) is 11.3 Å². The number of carbonyl (C=O) groups excluding carboxylic acids is 2. The highest BCUT2D eigenvalue weighted by Crippen LogP contribution is 2.37. The molecule has 2 aliphatic rings. The molecule has 0 unspecified atom stereocenters. The highest BCUT2D eigenvalue weighted by atomic mass is 32.2. The first kappa shape index (κ1) is 27.9. The predicted molar refractivity (Wildman–Crippen MR) is 140 cm³/mol. The van der Waals surface area contributed by atoms with Gasteiger partial charge in [0.25, 0.3) is 0 Å². The lowest BCUT2D eigenvalue weighted by molar-refractivity contribution is 0.109. The second-order valence-electron chi connectivity index (χ2n) is 9.51. The van der Waals surface area contributed by atoms with Gasteiger partial charge >= 0.3 is 12.2 Å². The van der Waals surface area contributed by atoms with E-state index >= 15 is 0 Å². The normalized spacial score (nSPS) is 21.7. The molecule has 0 atom stereocenters. The van der Waals surface area contributed by atoms with Crippen molar-refractivity contribution in [2.45, 2.75) is 84.0 Å². The fourth-order valence-electron chi connectivity index (χ4n) is 4.08. The molecule has 1 heterocycles. The quantitative estimate of drug-likeness (QED) is 0.521. The molecule has 1 fully saturated rings. The summed E-state index contributed by atoms with van der Waals surface area (Å²) < 4.78 is 38.2. The van der Waals surface area contributed by atoms with Crippen LogP contribution >= 0.6 is 11.3 Å². The smallest absolute Gasteiger partial charge is 0.411 e. The van der Waals surface area contributed by atoms with E-state index in [1.165, 1.54) is 11.3 Å². The topological polar surface area (TPSA) is 136 Å². The van der Waals surface area contributed by atoms with Crippen molar-refractivity contribution >= 4 is 44.8 Å². The largest absolute Gasteiger partial charge is 0.447 e. The van der Waals surface area contributed by atoms with Gasteiger partial charge in [-0.3, -0.25) is 5.32 Å². The van der Waals surface area contributed by atoms with Crippen molar-refractivity contribution in [3.63, 3.8) is 0 Å². The zero-order valence-corrected chi connectivity index (χ0v) is 22.9. The number of alkyl carbamates (subject to hydrolysis) is 2. The predicted octanol–water partition coefficient (Wildman–Crippen LogP) is 4.51. The fourth-order valence-corrected chi connectivity index (χ4v) is 5.78. The third-order valence-electron chi connectivity index (χ3n) is 5.53. The van der Waals surface area contributed by atoms with E-state index in [0.29, 0.717) is 17.0 Å². The van der Waals surface area contributed by atoms with E-state index in [1.807, 2.05) is 13.8 Å². The van der Waals surface area contributed by atoms with Crippen LogP contribution in [0.5, 0.6) is 0 Å². The number of ether oxygens (including phenoxy) is 2. The first-order valence-corrected chi connectivity index (χ1v) is 14.7. The SMILES string of the molecule is CC(C)OC(=O)NC1=CC=C(c2cnc(C3CCC(NC(=O)OC(C)C)CC3)s2)C(=NS(C)(=O)=O)C1. The van der Waals surface area contributed by atoms with E-state index in [2.05, 4.69) is 20.0 Å². The van der Waals surface area contributed by atoms with Crippen molar-refractivity contribution in [3.8, 4) is 0 Å². The minimum absolute atomic E-state index is 0.0833. The van der Waals surface area contributed by atoms with Crippen LogP contribution in [0.25, 0.3) is 5.57 Å². The summed E-state index contributed by atoms with van der Waals surface area (Å²) in [5, 5.41) is 6.55. The lowest BCUT2D eigenvalue weighted by Crippen LogP contribution is -2.38. The van der Waals surface area contributed by atoms with Crippen molar-refractivity contribution in [3.05, 3.63) is 33.9 Å². The molecule has 198 valence electrons. The summed E-state index contributed by atoms with van der Waals surface area (Å²) in [4.78, 5) is 29.3. The molecule has 3 rings (SSSR count). The lowest BCUT2D eigenvalue weighted by atomic mass is 9.86. The highest BCUT2D eigenvalue weighted by molar-refractivity contribution is 7.89. The lowest BCUT2D eigenvalue weighted by Gasteiger charge is -2.28. The number of thiazole rings is 1. The van der Waals surface area contributed by atoms with Gasteiger partial charge in [-0.2, -0.15) is 4.40 Å². The molecule has 0 saturated heterocycles. The molecule has 12 heteroatoms. The zero-order chi connectivity index (χ0) is 26.5. The van der Waals surface area contributed by atoms with Gasteiger partial charge < -0.3 is 14.8 Å². The molecule has 0 radical (unpaired) electrons. The molecule has 36 heavy (non-hydrogen) atoms. The molecule has 0 aliphatic heterocycles. The Kier molecular flexibility index (Phi) is 9.29. The number of hydrogen-bond donors (Lipinski definition) is 2. The summed E-state index contributed by atoms with van der Waals surface area (Å²) in [7, 11) is -3.66. The van der Waals surface area contributed by atoms with Crippen molar-refractivity contribution in [1.29, 1.82) is 0 Å². The van der Waals surface area contributed by atoms with Crippen molar-refractivity contribution in [2.75, 3.05) is 6.26 Å². The number of aromatic nitrogens is 1. The minimum atomic E-state index is -3.66. The highest BCUT2D eigenvalue weighted by Gasteiger charge is 2.27. The number of sulfonamides is 1. The van der Waals surface area contributed by atoms with Crippen LogP contribution in [0, 0.1) is 0 Å². The van der Waals surface area contributed by atoms with E-state index < -0.39 is 16.1 Å². The molecule has 1 aromatic rings. The van der Waals surface area contributed by atoms with E-state index in [4.69, 9.17) is 9.47 Å². The monoisotopic (exact) mass is 538 g/mol. The van der Waals surface area contributed by atoms with Gasteiger partial charge in [0.1, 0.15) is 0 Å². The summed E-state index contributed by atoms with van der Waals surface area (Å²) in [6.45, 7) is 7.12. The third kappa shape index (κ3) is 8.44. The van der Waals surface area contributed by atoms with Crippen LogP contribution in [-0.2, 0) is 19.5 Å². The van der Waals surface area contributed by atoms with Crippen LogP contribution in [0.4, 0.5) is 9.59 Å². The standard InChI is InChI=1S/C24H34N4O6S2/c1-14(2)33-23(29)26-17-8-6-16(7-9-17)22-25-13-21(35-22)19-11-10-18(27-24(30)34-15(3)4)12-20(19)28-36(5,31)32/h10-11,13-17H,6-9,12H2,1-5H3,(H,26,29)(H,27,30). The first-order valence-electron chi connectivity index (χ1n) is 12.0. The number of rotatable bonds is 7. The van der Waals surface area contributed by atoms with Crippen LogP contribution in [0.15, 0.2) is 28.4 Å². The Labute approximate surface area is 216 Å². The van der Waals surface area contributed by atoms with Crippen LogP contribution in [0.3, 0.4) is 0 Å². The number of amides is 2. The second kappa shape index (κ2) is 12.0. The maximum absolute atomic E-state index is 12.0. The Morgan fingerprint density at radius 1 is 1.06 bits per heavy atom. The molecule has 10 nitrogen and oxygen atoms in total. The average Bonchev–Trinajstić information content (AvgIpc) is 3.22. The maximum atomic E-state index is 12.0. The Bertz CT molecular complexity index is 1160. The Balaban J connectivity index is 1.71. The summed E-state index contributed by atoms with van der Waals surface area (Å²) in [5.74, 6) is 0.265. The third-order valence-corrected chi connectivity index (χ3v) is 7.28. The first-order chi connectivity index (χ1) is 16.9. The number of hydrogen-bond acceptors (Lipinski definition) is 8. The van der Waals surface area contributed by atoms with E-state index in [0.717, 1.165) is 41.8 Å². The zero-order valence-electron chi connectivity index (χ0n) is 21.2. The Morgan fingerprint density at radius 2 is 1.69 bits per heavy atom. The number of nitrogens with zero attached hydrogens (tertiary/aromatic N) is 2. The molecule has 1 aromatic heterocycles. The van der Waals surface area contributed by atoms with Gasteiger partial charge in [-0.05, 0) is 65.5 Å². The Morgan fingerprint density at radius 3 is 2.31 bits per heavy atom. The Hall–Kier alpha value is -2.73. The molecular weight excluding hydrogens is 504 g/mol. The molecule has 1 saturated carbocycles. The summed E-state index contributed by atoms with van der Waals surface area (Å²) in [6, 6.07) is 0.0833. The van der Waals surface area contributed by atoms with E-state index in [-0.39, 0.29) is 36.7 Å². The summed E-state index contributed by atoms with van der Waals surface area (Å²) >= 11 is 1.51. The van der Waals surface area contributed by atoms with Crippen LogP contribution in [-0.4, -0.2) is 55.8 Å². The molecule has 0 bridgehead atoms. The fraction of sp³-hybridized carbons (Fsp3) is 0.583. The van der Waals surface area contributed by atoms with Gasteiger partial charge in [0, 0.05) is 35.8 Å². The van der Waals surface area contributed by atoms with Crippen molar-refractivity contribution < 1.29 is 27.5 Å². The van der Waals surface area contributed by atoms with Gasteiger partial charge in [0.15, 0.2) is 0 Å². The average molecular weight is 539 g/mol. The molecular formula is C24H34N4O6S2. The number of allylic oxidation sites excluding steroid dienone is 4. The molecule has 0 aromatic carbocycles. The van der Waals surface area contributed by atoms with Gasteiger partial charge in [-0.25, -0.2) is 23.0 Å². The number of nitrogens with one attached hydrogen (secondary N) is 2. The van der Waals surface area contributed by atoms with Crippen molar-refractivity contribution in [1.82, 2.24) is 15.6 Å². The summed E-state index contributed by atoms with van der Waals surface area (Å²) in [5.41, 5.74) is 1.50. The van der Waals surface area contributed by atoms with Crippen LogP contribution in [0.2, 0.25) is 0 Å². The number of carbonyl (C=O) groups is 2. The molecule has 2 aliphatic carbocycles. The van der Waals surface area contributed by atoms with Crippen LogP contribution in [0.1, 0.15) is 75.6 Å². The molecule has 0 spiro atoms.